The van der Waals surface area contributed by atoms with E-state index in [1.54, 1.807) is 0 Å². The van der Waals surface area contributed by atoms with E-state index in [9.17, 15) is 4.79 Å². The smallest absolute Gasteiger partial charge is 0.261 e. The zero-order chi connectivity index (χ0) is 9.26. The van der Waals surface area contributed by atoms with Gasteiger partial charge in [-0.3, -0.25) is 4.79 Å². The van der Waals surface area contributed by atoms with E-state index >= 15 is 0 Å². The van der Waals surface area contributed by atoms with Crippen molar-refractivity contribution in [2.45, 2.75) is 25.8 Å². The molecule has 0 aliphatic heterocycles. The normalized spacial score (nSPS) is 26.5. The van der Waals surface area contributed by atoms with Crippen LogP contribution in [-0.4, -0.2) is 11.9 Å². The van der Waals surface area contributed by atoms with Gasteiger partial charge in [-0.15, -0.1) is 11.3 Å². The van der Waals surface area contributed by atoms with Crippen LogP contribution >= 0.6 is 11.3 Å². The minimum atomic E-state index is 0.0894. The second kappa shape index (κ2) is 3.50. The highest BCUT2D eigenvalue weighted by atomic mass is 32.1. The molecule has 1 fully saturated rings. The average Bonchev–Trinajstić information content (AvgIpc) is 2.64. The molecule has 1 N–H and O–H groups in total. The Bertz CT molecular complexity index is 294. The Hall–Kier alpha value is -0.830. The fraction of sp³-hybridized carbons (Fsp3) is 0.500. The van der Waals surface area contributed by atoms with Crippen molar-refractivity contribution in [2.75, 3.05) is 0 Å². The second-order valence-electron chi connectivity index (χ2n) is 3.61. The van der Waals surface area contributed by atoms with Crippen LogP contribution in [0.5, 0.6) is 0 Å². The van der Waals surface area contributed by atoms with Gasteiger partial charge >= 0.3 is 0 Å². The van der Waals surface area contributed by atoms with Gasteiger partial charge in [-0.25, -0.2) is 0 Å². The molecule has 1 aliphatic rings. The van der Waals surface area contributed by atoms with Crippen LogP contribution in [0.25, 0.3) is 0 Å². The van der Waals surface area contributed by atoms with E-state index < -0.39 is 0 Å². The van der Waals surface area contributed by atoms with E-state index in [0.29, 0.717) is 12.0 Å². The standard InChI is InChI=1S/C10H13NOS/c1-7-4-5-8(7)11-10(12)9-3-2-6-13-9/h2-3,6-8H,4-5H2,1H3,(H,11,12). The summed E-state index contributed by atoms with van der Waals surface area (Å²) in [6.07, 6.45) is 2.38. The monoisotopic (exact) mass is 195 g/mol. The predicted octanol–water partition coefficient (Wildman–Crippen LogP) is 2.28. The van der Waals surface area contributed by atoms with Crippen LogP contribution in [0.2, 0.25) is 0 Å². The van der Waals surface area contributed by atoms with E-state index in [4.69, 9.17) is 0 Å². The zero-order valence-corrected chi connectivity index (χ0v) is 8.43. The largest absolute Gasteiger partial charge is 0.348 e. The highest BCUT2D eigenvalue weighted by Gasteiger charge is 2.28. The molecular formula is C10H13NOS. The van der Waals surface area contributed by atoms with Crippen molar-refractivity contribution in [3.63, 3.8) is 0 Å². The highest BCUT2D eigenvalue weighted by Crippen LogP contribution is 2.26. The molecule has 0 saturated heterocycles. The van der Waals surface area contributed by atoms with Crippen LogP contribution in [0.1, 0.15) is 29.4 Å². The van der Waals surface area contributed by atoms with Gasteiger partial charge in [0.25, 0.3) is 5.91 Å². The molecule has 1 aromatic rings. The molecule has 2 nitrogen and oxygen atoms in total. The van der Waals surface area contributed by atoms with Crippen LogP contribution in [-0.2, 0) is 0 Å². The molecule has 1 saturated carbocycles. The third kappa shape index (κ3) is 1.75. The number of carbonyl (C=O) groups excluding carboxylic acids is 1. The average molecular weight is 195 g/mol. The van der Waals surface area contributed by atoms with E-state index in [0.717, 1.165) is 11.3 Å². The van der Waals surface area contributed by atoms with Crippen molar-refractivity contribution < 1.29 is 4.79 Å². The summed E-state index contributed by atoms with van der Waals surface area (Å²) >= 11 is 1.50. The second-order valence-corrected chi connectivity index (χ2v) is 4.56. The first kappa shape index (κ1) is 8.75. The molecule has 1 aromatic heterocycles. The third-order valence-corrected chi connectivity index (χ3v) is 3.55. The molecule has 1 heterocycles. The van der Waals surface area contributed by atoms with Gasteiger partial charge < -0.3 is 5.32 Å². The van der Waals surface area contributed by atoms with Gasteiger partial charge in [-0.1, -0.05) is 13.0 Å². The maximum atomic E-state index is 11.6. The Kier molecular flexibility index (Phi) is 2.36. The molecule has 13 heavy (non-hydrogen) atoms. The Labute approximate surface area is 82.0 Å². The van der Waals surface area contributed by atoms with Gasteiger partial charge in [0.05, 0.1) is 4.88 Å². The van der Waals surface area contributed by atoms with Crippen molar-refractivity contribution in [3.05, 3.63) is 22.4 Å². The summed E-state index contributed by atoms with van der Waals surface area (Å²) in [5.41, 5.74) is 0. The van der Waals surface area contributed by atoms with Crippen LogP contribution in [0, 0.1) is 5.92 Å². The third-order valence-electron chi connectivity index (χ3n) is 2.68. The van der Waals surface area contributed by atoms with Crippen molar-refractivity contribution in [3.8, 4) is 0 Å². The fourth-order valence-electron chi connectivity index (χ4n) is 1.53. The molecule has 0 spiro atoms. The summed E-state index contributed by atoms with van der Waals surface area (Å²) in [6.45, 7) is 2.18. The number of rotatable bonds is 2. The lowest BCUT2D eigenvalue weighted by atomic mass is 9.81. The molecule has 70 valence electrons. The lowest BCUT2D eigenvalue weighted by Gasteiger charge is -2.34. The molecule has 3 heteroatoms. The predicted molar refractivity (Wildman–Crippen MR) is 54.0 cm³/mol. The number of hydrogen-bond donors (Lipinski definition) is 1. The van der Waals surface area contributed by atoms with Crippen molar-refractivity contribution in [1.82, 2.24) is 5.32 Å². The summed E-state index contributed by atoms with van der Waals surface area (Å²) in [7, 11) is 0. The van der Waals surface area contributed by atoms with E-state index in [-0.39, 0.29) is 5.91 Å². The van der Waals surface area contributed by atoms with Crippen LogP contribution < -0.4 is 5.32 Å². The molecule has 1 amide bonds. The fourth-order valence-corrected chi connectivity index (χ4v) is 2.16. The van der Waals surface area contributed by atoms with Gasteiger partial charge in [-0.05, 0) is 30.2 Å². The summed E-state index contributed by atoms with van der Waals surface area (Å²) < 4.78 is 0. The lowest BCUT2D eigenvalue weighted by molar-refractivity contribution is 0.0888. The Balaban J connectivity index is 1.92. The number of amides is 1. The number of nitrogens with one attached hydrogen (secondary N) is 1. The van der Waals surface area contributed by atoms with Gasteiger partial charge in [0.15, 0.2) is 0 Å². The minimum Gasteiger partial charge on any atom is -0.348 e. The molecule has 0 bridgehead atoms. The van der Waals surface area contributed by atoms with Gasteiger partial charge in [0.1, 0.15) is 0 Å². The molecule has 2 atom stereocenters. The first-order valence-electron chi connectivity index (χ1n) is 4.62. The van der Waals surface area contributed by atoms with Crippen molar-refractivity contribution >= 4 is 17.2 Å². The summed E-state index contributed by atoms with van der Waals surface area (Å²) in [6, 6.07) is 4.18. The SMILES string of the molecule is CC1CCC1NC(=O)c1cccs1. The number of carbonyl (C=O) groups is 1. The van der Waals surface area contributed by atoms with E-state index in [1.165, 1.54) is 17.8 Å². The lowest BCUT2D eigenvalue weighted by Crippen LogP contribution is -2.45. The van der Waals surface area contributed by atoms with Crippen LogP contribution in [0.3, 0.4) is 0 Å². The molecule has 0 radical (unpaired) electrons. The Morgan fingerprint density at radius 2 is 2.46 bits per heavy atom. The molecular weight excluding hydrogens is 182 g/mol. The zero-order valence-electron chi connectivity index (χ0n) is 7.62. The Morgan fingerprint density at radius 3 is 2.92 bits per heavy atom. The first-order valence-corrected chi connectivity index (χ1v) is 5.49. The van der Waals surface area contributed by atoms with Crippen molar-refractivity contribution in [1.29, 1.82) is 0 Å². The quantitative estimate of drug-likeness (QED) is 0.770. The number of thiophene rings is 1. The maximum absolute atomic E-state index is 11.6. The molecule has 1 aliphatic carbocycles. The van der Waals surface area contributed by atoms with Gasteiger partial charge in [-0.2, -0.15) is 0 Å². The van der Waals surface area contributed by atoms with Crippen LogP contribution in [0.15, 0.2) is 17.5 Å². The minimum absolute atomic E-state index is 0.0894. The number of hydrogen-bond acceptors (Lipinski definition) is 2. The Morgan fingerprint density at radius 1 is 1.62 bits per heavy atom. The van der Waals surface area contributed by atoms with E-state index in [1.807, 2.05) is 17.5 Å². The summed E-state index contributed by atoms with van der Waals surface area (Å²) in [5.74, 6) is 0.746. The van der Waals surface area contributed by atoms with Crippen LogP contribution in [0.4, 0.5) is 0 Å². The highest BCUT2D eigenvalue weighted by molar-refractivity contribution is 7.12. The van der Waals surface area contributed by atoms with Crippen molar-refractivity contribution in [2.24, 2.45) is 5.92 Å². The summed E-state index contributed by atoms with van der Waals surface area (Å²) in [4.78, 5) is 12.4. The molecule has 0 aromatic carbocycles. The molecule has 2 rings (SSSR count). The van der Waals surface area contributed by atoms with Gasteiger partial charge in [0.2, 0.25) is 0 Å². The first-order chi connectivity index (χ1) is 6.27. The molecule has 2 unspecified atom stereocenters. The maximum Gasteiger partial charge on any atom is 0.261 e. The van der Waals surface area contributed by atoms with Gasteiger partial charge in [0, 0.05) is 6.04 Å². The topological polar surface area (TPSA) is 29.1 Å². The summed E-state index contributed by atoms with van der Waals surface area (Å²) in [5, 5.41) is 4.97. The van der Waals surface area contributed by atoms with E-state index in [2.05, 4.69) is 12.2 Å².